The van der Waals surface area contributed by atoms with Gasteiger partial charge >= 0.3 is 103 Å². The topological polar surface area (TPSA) is 28.5 Å². The molecule has 0 unspecified atom stereocenters. The summed E-state index contributed by atoms with van der Waals surface area (Å²) >= 11 is 0. The van der Waals surface area contributed by atoms with E-state index in [9.17, 15) is 0 Å². The van der Waals surface area contributed by atoms with Gasteiger partial charge in [-0.1, -0.05) is 0 Å². The average molecular weight is 260 g/mol. The standard InChI is InChI=1S/2Al.2Fe.2K.O/q;;;;2*+1;-2. The Balaban J connectivity index is 0. The molecule has 7 heteroatoms. The fourth-order valence-corrected chi connectivity index (χ4v) is 0. The third-order valence-corrected chi connectivity index (χ3v) is 0. The molecule has 0 saturated heterocycles. The van der Waals surface area contributed by atoms with E-state index >= 15 is 0 Å². The van der Waals surface area contributed by atoms with Crippen molar-refractivity contribution in [3.63, 3.8) is 0 Å². The van der Waals surface area contributed by atoms with Crippen molar-refractivity contribution >= 4 is 34.7 Å². The summed E-state index contributed by atoms with van der Waals surface area (Å²) in [5, 5.41) is 0. The molecule has 0 bridgehead atoms. The molecule has 0 aromatic carbocycles. The molecule has 0 aliphatic rings. The molecule has 0 spiro atoms. The Bertz CT molecular complexity index is 13.7. The largest absolute Gasteiger partial charge is 2.00 e. The summed E-state index contributed by atoms with van der Waals surface area (Å²) in [6.07, 6.45) is 0. The summed E-state index contributed by atoms with van der Waals surface area (Å²) in [5.41, 5.74) is 0. The van der Waals surface area contributed by atoms with Gasteiger partial charge in [0.15, 0.2) is 0 Å². The van der Waals surface area contributed by atoms with E-state index in [1.54, 1.807) is 0 Å². The van der Waals surface area contributed by atoms with Gasteiger partial charge in [-0.15, -0.1) is 0 Å². The van der Waals surface area contributed by atoms with Crippen LogP contribution in [0.15, 0.2) is 0 Å². The quantitative estimate of drug-likeness (QED) is 0.387. The molecule has 0 saturated carbocycles. The van der Waals surface area contributed by atoms with Crippen LogP contribution >= 0.6 is 0 Å². The Hall–Kier alpha value is 5.34. The predicted octanol–water partition coefficient (Wildman–Crippen LogP) is -6.88. The van der Waals surface area contributed by atoms with E-state index in [2.05, 4.69) is 0 Å². The fraction of sp³-hybridized carbons (Fsp3) is 0. The van der Waals surface area contributed by atoms with Crippen LogP contribution in [-0.4, -0.2) is 34.7 Å². The molecule has 0 aromatic heterocycles. The first kappa shape index (κ1) is 55.7. The van der Waals surface area contributed by atoms with Crippen molar-refractivity contribution in [2.24, 2.45) is 0 Å². The normalized spacial score (nSPS) is 0. The van der Waals surface area contributed by atoms with Crippen LogP contribution in [-0.2, 0) is 39.6 Å². The second-order valence-corrected chi connectivity index (χ2v) is 0. The molecule has 7 heavy (non-hydrogen) atoms. The molecule has 0 aromatic rings. The van der Waals surface area contributed by atoms with Crippen LogP contribution in [0.5, 0.6) is 0 Å². The molecule has 6 radical (unpaired) electrons. The first-order valence-corrected chi connectivity index (χ1v) is 0. The van der Waals surface area contributed by atoms with Gasteiger partial charge in [0.25, 0.3) is 0 Å². The number of hydrogen-bond donors (Lipinski definition) is 0. The molecule has 30 valence electrons. The van der Waals surface area contributed by atoms with Gasteiger partial charge in [-0.25, -0.2) is 0 Å². The third-order valence-electron chi connectivity index (χ3n) is 0. The van der Waals surface area contributed by atoms with Crippen molar-refractivity contribution in [1.29, 1.82) is 0 Å². The second kappa shape index (κ2) is 42.5. The maximum Gasteiger partial charge on any atom is 1.00 e. The molecule has 0 aliphatic carbocycles. The van der Waals surface area contributed by atoms with Gasteiger partial charge in [-0.05, 0) is 0 Å². The minimum Gasteiger partial charge on any atom is -2.00 e. The monoisotopic (exact) mass is 260 g/mol. The van der Waals surface area contributed by atoms with Gasteiger partial charge in [0.2, 0.25) is 0 Å². The SMILES string of the molecule is [Al].[Al].[Fe].[Fe].[K+].[K+].[O-2]. The van der Waals surface area contributed by atoms with Crippen LogP contribution in [0.2, 0.25) is 0 Å². The summed E-state index contributed by atoms with van der Waals surface area (Å²) in [7, 11) is 0. The molecule has 0 N–H and O–H groups in total. The van der Waals surface area contributed by atoms with Crippen LogP contribution in [0.3, 0.4) is 0 Å². The minimum absolute atomic E-state index is 0. The van der Waals surface area contributed by atoms with E-state index in [-0.39, 0.29) is 177 Å². The van der Waals surface area contributed by atoms with Crippen LogP contribution in [0.4, 0.5) is 0 Å². The van der Waals surface area contributed by atoms with E-state index in [0.29, 0.717) is 0 Å². The van der Waals surface area contributed by atoms with Crippen molar-refractivity contribution in [2.75, 3.05) is 0 Å². The summed E-state index contributed by atoms with van der Waals surface area (Å²) in [6, 6.07) is 0. The van der Waals surface area contributed by atoms with Gasteiger partial charge in [0.1, 0.15) is 0 Å². The van der Waals surface area contributed by atoms with Gasteiger partial charge < -0.3 is 5.48 Å². The molecule has 1 nitrogen and oxygen atoms in total. The molecular weight excluding hydrogens is 260 g/mol. The zero-order chi connectivity index (χ0) is 0. The fourth-order valence-electron chi connectivity index (χ4n) is 0. The van der Waals surface area contributed by atoms with E-state index in [1.165, 1.54) is 0 Å². The van der Waals surface area contributed by atoms with Crippen molar-refractivity contribution in [1.82, 2.24) is 0 Å². The van der Waals surface area contributed by atoms with E-state index in [1.807, 2.05) is 0 Å². The first-order valence-electron chi connectivity index (χ1n) is 0. The van der Waals surface area contributed by atoms with Crippen molar-refractivity contribution < 1.29 is 142 Å². The molecule has 0 aliphatic heterocycles. The summed E-state index contributed by atoms with van der Waals surface area (Å²) in [5.74, 6) is 0. The van der Waals surface area contributed by atoms with Crippen LogP contribution in [0, 0.1) is 0 Å². The van der Waals surface area contributed by atoms with E-state index in [0.717, 1.165) is 0 Å². The second-order valence-electron chi connectivity index (χ2n) is 0. The molecule has 0 rings (SSSR count). The minimum atomic E-state index is 0. The maximum atomic E-state index is 0. The zero-order valence-corrected chi connectivity index (χ0v) is 15.0. The molecule has 0 amide bonds. The van der Waals surface area contributed by atoms with Gasteiger partial charge in [-0.2, -0.15) is 0 Å². The van der Waals surface area contributed by atoms with E-state index < -0.39 is 0 Å². The predicted molar refractivity (Wildman–Crippen MR) is 12.2 cm³/mol. The Morgan fingerprint density at radius 3 is 0.571 bits per heavy atom. The van der Waals surface area contributed by atoms with Crippen molar-refractivity contribution in [3.8, 4) is 0 Å². The molecule has 0 heterocycles. The van der Waals surface area contributed by atoms with E-state index in [4.69, 9.17) is 0 Å². The Kier molecular flexibility index (Phi) is 338. The summed E-state index contributed by atoms with van der Waals surface area (Å²) < 4.78 is 0. The first-order chi connectivity index (χ1) is 0. The molecular formula is Al2Fe2K2O. The Morgan fingerprint density at radius 2 is 0.571 bits per heavy atom. The Morgan fingerprint density at radius 1 is 0.571 bits per heavy atom. The summed E-state index contributed by atoms with van der Waals surface area (Å²) in [6.45, 7) is 0. The summed E-state index contributed by atoms with van der Waals surface area (Å²) in [4.78, 5) is 0. The van der Waals surface area contributed by atoms with Crippen LogP contribution < -0.4 is 103 Å². The van der Waals surface area contributed by atoms with Gasteiger partial charge in [0, 0.05) is 68.9 Å². The van der Waals surface area contributed by atoms with Gasteiger partial charge in [0.05, 0.1) is 0 Å². The third kappa shape index (κ3) is 34.7. The van der Waals surface area contributed by atoms with Crippen molar-refractivity contribution in [3.05, 3.63) is 0 Å². The van der Waals surface area contributed by atoms with Gasteiger partial charge in [-0.3, -0.25) is 0 Å². The number of rotatable bonds is 0. The van der Waals surface area contributed by atoms with Crippen molar-refractivity contribution in [2.45, 2.75) is 0 Å². The number of hydrogen-bond acceptors (Lipinski definition) is 0. The smallest absolute Gasteiger partial charge is 1.00 e. The maximum absolute atomic E-state index is 0. The average Bonchev–Trinajstić information content (AvgIpc) is 0. The van der Waals surface area contributed by atoms with Crippen LogP contribution in [0.25, 0.3) is 0 Å². The Labute approximate surface area is 172 Å². The molecule has 0 fully saturated rings. The molecule has 0 atom stereocenters. The zero-order valence-electron chi connectivity index (χ0n) is 4.27. The van der Waals surface area contributed by atoms with Crippen LogP contribution in [0.1, 0.15) is 0 Å².